The second-order valence-corrected chi connectivity index (χ2v) is 9.11. The molecule has 0 spiro atoms. The van der Waals surface area contributed by atoms with E-state index in [0.29, 0.717) is 53.4 Å². The lowest BCUT2D eigenvalue weighted by atomic mass is 10.2. The molecule has 1 saturated heterocycles. The predicted molar refractivity (Wildman–Crippen MR) is 142 cm³/mol. The van der Waals surface area contributed by atoms with E-state index in [1.165, 1.54) is 0 Å². The maximum Gasteiger partial charge on any atom is 0.246 e. The highest BCUT2D eigenvalue weighted by molar-refractivity contribution is 6.30. The van der Waals surface area contributed by atoms with Gasteiger partial charge in [-0.2, -0.15) is 0 Å². The number of methoxy groups -OCH3 is 2. The third kappa shape index (κ3) is 6.42. The molecule has 10 heteroatoms. The maximum absolute atomic E-state index is 13.2. The Balaban J connectivity index is 1.63. The number of anilines is 1. The highest BCUT2D eigenvalue weighted by atomic mass is 35.5. The zero-order valence-electron chi connectivity index (χ0n) is 21.2. The lowest BCUT2D eigenvalue weighted by Gasteiger charge is -2.24. The Labute approximate surface area is 221 Å². The molecule has 2 aromatic carbocycles. The molecule has 1 N–H and O–H groups in total. The van der Waals surface area contributed by atoms with E-state index in [0.717, 1.165) is 18.4 Å². The average Bonchev–Trinajstić information content (AvgIpc) is 3.58. The van der Waals surface area contributed by atoms with Crippen molar-refractivity contribution in [2.45, 2.75) is 32.3 Å². The first kappa shape index (κ1) is 26.5. The number of aromatic nitrogens is 2. The Hall–Kier alpha value is -3.56. The van der Waals surface area contributed by atoms with E-state index in [-0.39, 0.29) is 24.5 Å². The number of hydrogen-bond acceptors (Lipinski definition) is 6. The van der Waals surface area contributed by atoms with Crippen molar-refractivity contribution in [3.8, 4) is 28.4 Å². The monoisotopic (exact) mass is 526 g/mol. The van der Waals surface area contributed by atoms with Gasteiger partial charge in [0.2, 0.25) is 17.8 Å². The predicted octanol–water partition coefficient (Wildman–Crippen LogP) is 4.57. The number of nitrogens with one attached hydrogen (secondary N) is 1. The molecule has 1 aliphatic heterocycles. The van der Waals surface area contributed by atoms with Crippen LogP contribution in [0.2, 0.25) is 5.02 Å². The molecule has 9 nitrogen and oxygen atoms in total. The molecular weight excluding hydrogens is 496 g/mol. The van der Waals surface area contributed by atoms with Crippen LogP contribution < -0.4 is 14.8 Å². The minimum atomic E-state index is -0.352. The topological polar surface area (TPSA) is 94.9 Å². The largest absolute Gasteiger partial charge is 0.493 e. The van der Waals surface area contributed by atoms with Crippen LogP contribution in [0, 0.1) is 0 Å². The summed E-state index contributed by atoms with van der Waals surface area (Å²) in [5.41, 5.74) is 2.18. The van der Waals surface area contributed by atoms with Crippen molar-refractivity contribution in [1.29, 1.82) is 0 Å². The van der Waals surface area contributed by atoms with Gasteiger partial charge in [0, 0.05) is 42.4 Å². The average molecular weight is 527 g/mol. The normalized spacial score (nSPS) is 14.9. The molecule has 0 radical (unpaired) electrons. The zero-order chi connectivity index (χ0) is 26.4. The summed E-state index contributed by atoms with van der Waals surface area (Å²) in [4.78, 5) is 31.9. The van der Waals surface area contributed by atoms with Crippen molar-refractivity contribution in [3.05, 3.63) is 53.7 Å². The van der Waals surface area contributed by atoms with Crippen LogP contribution in [0.15, 0.2) is 48.7 Å². The summed E-state index contributed by atoms with van der Waals surface area (Å²) >= 11 is 6.06. The van der Waals surface area contributed by atoms with E-state index in [1.807, 2.05) is 24.4 Å². The number of nitrogens with zero attached hydrogens (tertiary/aromatic N) is 3. The van der Waals surface area contributed by atoms with E-state index in [9.17, 15) is 9.59 Å². The summed E-state index contributed by atoms with van der Waals surface area (Å²) in [7, 11) is 3.13. The Morgan fingerprint density at radius 3 is 2.57 bits per heavy atom. The van der Waals surface area contributed by atoms with Gasteiger partial charge >= 0.3 is 0 Å². The van der Waals surface area contributed by atoms with Crippen LogP contribution in [0.1, 0.15) is 26.2 Å². The van der Waals surface area contributed by atoms with Crippen molar-refractivity contribution in [2.24, 2.45) is 0 Å². The fourth-order valence-corrected chi connectivity index (χ4v) is 4.38. The van der Waals surface area contributed by atoms with Crippen LogP contribution >= 0.6 is 11.6 Å². The first-order valence-corrected chi connectivity index (χ1v) is 12.6. The van der Waals surface area contributed by atoms with Gasteiger partial charge in [-0.25, -0.2) is 4.98 Å². The summed E-state index contributed by atoms with van der Waals surface area (Å²) < 4.78 is 18.3. The number of rotatable bonds is 10. The Bertz CT molecular complexity index is 1240. The number of benzene rings is 2. The SMILES string of the molecule is CCC(=O)N(CC(=O)Nc1nc(-c2ccc(Cl)cc2)cn1-c1ccc(OC)c(OC)c1)C[C@@H]1CCCO1. The molecule has 0 aliphatic carbocycles. The first-order chi connectivity index (χ1) is 17.9. The van der Waals surface area contributed by atoms with Crippen molar-refractivity contribution < 1.29 is 23.8 Å². The van der Waals surface area contributed by atoms with E-state index in [2.05, 4.69) is 10.3 Å². The Kier molecular flexibility index (Phi) is 8.68. The van der Waals surface area contributed by atoms with Gasteiger partial charge in [0.15, 0.2) is 11.5 Å². The van der Waals surface area contributed by atoms with Crippen LogP contribution in [-0.4, -0.2) is 66.3 Å². The highest BCUT2D eigenvalue weighted by Crippen LogP contribution is 2.32. The molecule has 4 rings (SSSR count). The van der Waals surface area contributed by atoms with Gasteiger partial charge in [0.05, 0.1) is 31.7 Å². The molecule has 196 valence electrons. The molecule has 0 bridgehead atoms. The molecule has 3 aromatic rings. The fraction of sp³-hybridized carbons (Fsp3) is 0.370. The lowest BCUT2D eigenvalue weighted by molar-refractivity contribution is -0.135. The molecular formula is C27H31ClN4O5. The third-order valence-corrected chi connectivity index (χ3v) is 6.43. The number of imidazole rings is 1. The number of ether oxygens (including phenoxy) is 3. The quantitative estimate of drug-likeness (QED) is 0.416. The third-order valence-electron chi connectivity index (χ3n) is 6.18. The highest BCUT2D eigenvalue weighted by Gasteiger charge is 2.24. The molecule has 0 saturated carbocycles. The van der Waals surface area contributed by atoms with Crippen molar-refractivity contribution in [1.82, 2.24) is 14.5 Å². The van der Waals surface area contributed by atoms with Gasteiger partial charge in [0.1, 0.15) is 6.54 Å². The first-order valence-electron chi connectivity index (χ1n) is 12.2. The minimum Gasteiger partial charge on any atom is -0.493 e. The molecule has 1 aromatic heterocycles. The smallest absolute Gasteiger partial charge is 0.246 e. The van der Waals surface area contributed by atoms with Crippen molar-refractivity contribution in [2.75, 3.05) is 39.2 Å². The molecule has 1 aliphatic rings. The van der Waals surface area contributed by atoms with Gasteiger partial charge in [0.25, 0.3) is 0 Å². The van der Waals surface area contributed by atoms with E-state index in [1.54, 1.807) is 54.9 Å². The second kappa shape index (κ2) is 12.1. The van der Waals surface area contributed by atoms with Crippen molar-refractivity contribution in [3.63, 3.8) is 0 Å². The summed E-state index contributed by atoms with van der Waals surface area (Å²) in [6, 6.07) is 12.7. The number of carbonyl (C=O) groups excluding carboxylic acids is 2. The number of hydrogen-bond donors (Lipinski definition) is 1. The Morgan fingerprint density at radius 2 is 1.92 bits per heavy atom. The lowest BCUT2D eigenvalue weighted by Crippen LogP contribution is -2.42. The van der Waals surface area contributed by atoms with Crippen LogP contribution in [-0.2, 0) is 14.3 Å². The van der Waals surface area contributed by atoms with Gasteiger partial charge in [-0.15, -0.1) is 0 Å². The van der Waals surface area contributed by atoms with E-state index >= 15 is 0 Å². The maximum atomic E-state index is 13.2. The van der Waals surface area contributed by atoms with Gasteiger partial charge in [-0.3, -0.25) is 19.5 Å². The standard InChI is InChI=1S/C27H31ClN4O5/c1-4-26(34)31(15-21-6-5-13-37-21)17-25(33)30-27-29-22(18-7-9-19(28)10-8-18)16-32(27)20-11-12-23(35-2)24(14-20)36-3/h7-12,14,16,21H,4-6,13,15,17H2,1-3H3,(H,29,30,33)/t21-/m0/s1. The molecule has 1 fully saturated rings. The summed E-state index contributed by atoms with van der Waals surface area (Å²) in [6.07, 6.45) is 3.92. The van der Waals surface area contributed by atoms with Crippen LogP contribution in [0.4, 0.5) is 5.95 Å². The van der Waals surface area contributed by atoms with Crippen molar-refractivity contribution >= 4 is 29.4 Å². The molecule has 1 atom stereocenters. The van der Waals surface area contributed by atoms with Gasteiger partial charge < -0.3 is 19.1 Å². The van der Waals surface area contributed by atoms with Crippen LogP contribution in [0.5, 0.6) is 11.5 Å². The zero-order valence-corrected chi connectivity index (χ0v) is 22.0. The molecule has 2 heterocycles. The number of carbonyl (C=O) groups is 2. The molecule has 37 heavy (non-hydrogen) atoms. The molecule has 2 amide bonds. The number of amides is 2. The molecule has 0 unspecified atom stereocenters. The van der Waals surface area contributed by atoms with Gasteiger partial charge in [-0.1, -0.05) is 30.7 Å². The summed E-state index contributed by atoms with van der Waals surface area (Å²) in [5, 5.41) is 3.51. The fourth-order valence-electron chi connectivity index (χ4n) is 4.25. The van der Waals surface area contributed by atoms with Crippen LogP contribution in [0.25, 0.3) is 16.9 Å². The minimum absolute atomic E-state index is 0.0476. The number of halogens is 1. The summed E-state index contributed by atoms with van der Waals surface area (Å²) in [6.45, 7) is 2.76. The summed E-state index contributed by atoms with van der Waals surface area (Å²) in [5.74, 6) is 0.974. The Morgan fingerprint density at radius 1 is 1.16 bits per heavy atom. The van der Waals surface area contributed by atoms with E-state index in [4.69, 9.17) is 25.8 Å². The second-order valence-electron chi connectivity index (χ2n) is 8.68. The van der Waals surface area contributed by atoms with Crippen LogP contribution in [0.3, 0.4) is 0 Å². The van der Waals surface area contributed by atoms with Gasteiger partial charge in [-0.05, 0) is 37.1 Å². The van der Waals surface area contributed by atoms with E-state index < -0.39 is 0 Å².